The average Bonchev–Trinajstić information content (AvgIpc) is 2.65. The number of primary amides is 1. The van der Waals surface area contributed by atoms with Crippen molar-refractivity contribution in [1.82, 2.24) is 4.90 Å². The Morgan fingerprint density at radius 3 is 2.94 bits per heavy atom. The third-order valence-electron chi connectivity index (χ3n) is 3.06. The van der Waals surface area contributed by atoms with Gasteiger partial charge >= 0.3 is 0 Å². The summed E-state index contributed by atoms with van der Waals surface area (Å²) >= 11 is 3.25. The molecular formula is C12H13BrF2N2O. The molecule has 0 spiro atoms. The number of rotatable bonds is 3. The van der Waals surface area contributed by atoms with Gasteiger partial charge in [0.05, 0.1) is 6.04 Å². The minimum absolute atomic E-state index is 0.0882. The van der Waals surface area contributed by atoms with Gasteiger partial charge in [-0.25, -0.2) is 8.78 Å². The maximum absolute atomic E-state index is 13.6. The predicted molar refractivity (Wildman–Crippen MR) is 67.0 cm³/mol. The largest absolute Gasteiger partial charge is 0.368 e. The summed E-state index contributed by atoms with van der Waals surface area (Å²) in [6.07, 6.45) is -0.997. The molecule has 0 bridgehead atoms. The van der Waals surface area contributed by atoms with Gasteiger partial charge in [0.1, 0.15) is 12.0 Å². The van der Waals surface area contributed by atoms with Crippen LogP contribution in [0.2, 0.25) is 0 Å². The van der Waals surface area contributed by atoms with E-state index in [4.69, 9.17) is 5.73 Å². The smallest absolute Gasteiger partial charge is 0.234 e. The Kier molecular flexibility index (Phi) is 3.97. The molecule has 0 aromatic heterocycles. The molecule has 1 aromatic carbocycles. The van der Waals surface area contributed by atoms with Crippen molar-refractivity contribution in [3.8, 4) is 0 Å². The van der Waals surface area contributed by atoms with E-state index in [1.807, 2.05) is 0 Å². The van der Waals surface area contributed by atoms with E-state index in [9.17, 15) is 13.6 Å². The fraction of sp³-hybridized carbons (Fsp3) is 0.417. The van der Waals surface area contributed by atoms with Crippen LogP contribution in [0.3, 0.4) is 0 Å². The van der Waals surface area contributed by atoms with Crippen LogP contribution < -0.4 is 5.73 Å². The SMILES string of the molecule is NC(=O)[C@@H]1C[C@@H](F)CN1Cc1cc(Br)ccc1F. The van der Waals surface area contributed by atoms with E-state index in [0.717, 1.165) is 4.47 Å². The average molecular weight is 319 g/mol. The zero-order chi connectivity index (χ0) is 13.3. The summed E-state index contributed by atoms with van der Waals surface area (Å²) in [6, 6.07) is 3.89. The van der Waals surface area contributed by atoms with Crippen LogP contribution in [-0.4, -0.2) is 29.6 Å². The molecule has 0 saturated carbocycles. The highest BCUT2D eigenvalue weighted by Crippen LogP contribution is 2.24. The van der Waals surface area contributed by atoms with Gasteiger partial charge in [0.2, 0.25) is 5.91 Å². The molecule has 2 N–H and O–H groups in total. The second-order valence-corrected chi connectivity index (χ2v) is 5.33. The minimum Gasteiger partial charge on any atom is -0.368 e. The lowest BCUT2D eigenvalue weighted by Crippen LogP contribution is -2.39. The van der Waals surface area contributed by atoms with Gasteiger partial charge in [0, 0.05) is 29.5 Å². The number of nitrogens with two attached hydrogens (primary N) is 1. The molecule has 0 unspecified atom stereocenters. The first-order valence-corrected chi connectivity index (χ1v) is 6.38. The number of hydrogen-bond acceptors (Lipinski definition) is 2. The second-order valence-electron chi connectivity index (χ2n) is 4.42. The molecule has 2 atom stereocenters. The zero-order valence-electron chi connectivity index (χ0n) is 9.57. The monoisotopic (exact) mass is 318 g/mol. The number of alkyl halides is 1. The fourth-order valence-electron chi connectivity index (χ4n) is 2.20. The number of hydrogen-bond donors (Lipinski definition) is 1. The van der Waals surface area contributed by atoms with Crippen molar-refractivity contribution < 1.29 is 13.6 Å². The molecule has 1 amide bonds. The van der Waals surface area contributed by atoms with Crippen molar-refractivity contribution in [3.63, 3.8) is 0 Å². The van der Waals surface area contributed by atoms with Gasteiger partial charge < -0.3 is 5.73 Å². The van der Waals surface area contributed by atoms with E-state index >= 15 is 0 Å². The van der Waals surface area contributed by atoms with Crippen LogP contribution in [0.5, 0.6) is 0 Å². The third kappa shape index (κ3) is 2.87. The molecular weight excluding hydrogens is 306 g/mol. The Hall–Kier alpha value is -1.01. The third-order valence-corrected chi connectivity index (χ3v) is 3.56. The van der Waals surface area contributed by atoms with E-state index < -0.39 is 18.1 Å². The molecule has 1 aliphatic rings. The van der Waals surface area contributed by atoms with Crippen LogP contribution in [0.4, 0.5) is 8.78 Å². The van der Waals surface area contributed by atoms with E-state index in [1.54, 1.807) is 17.0 Å². The van der Waals surface area contributed by atoms with Crippen LogP contribution in [0.25, 0.3) is 0 Å². The standard InChI is InChI=1S/C12H13BrF2N2O/c13-8-1-2-10(15)7(3-8)5-17-6-9(14)4-11(17)12(16)18/h1-3,9,11H,4-6H2,(H2,16,18)/t9-,11+/m1/s1. The van der Waals surface area contributed by atoms with E-state index in [-0.39, 0.29) is 25.3 Å². The molecule has 0 radical (unpaired) electrons. The molecule has 1 heterocycles. The summed E-state index contributed by atoms with van der Waals surface area (Å²) in [6.45, 7) is 0.291. The molecule has 18 heavy (non-hydrogen) atoms. The van der Waals surface area contributed by atoms with Crippen molar-refractivity contribution in [2.75, 3.05) is 6.54 Å². The predicted octanol–water partition coefficient (Wildman–Crippen LogP) is 1.99. The van der Waals surface area contributed by atoms with Crippen molar-refractivity contribution in [2.45, 2.75) is 25.2 Å². The lowest BCUT2D eigenvalue weighted by molar-refractivity contribution is -0.122. The molecule has 6 heteroatoms. The molecule has 1 fully saturated rings. The quantitative estimate of drug-likeness (QED) is 0.926. The Morgan fingerprint density at radius 2 is 2.28 bits per heavy atom. The summed E-state index contributed by atoms with van der Waals surface area (Å²) in [4.78, 5) is 12.8. The molecule has 1 aromatic rings. The Balaban J connectivity index is 2.17. The van der Waals surface area contributed by atoms with Gasteiger partial charge in [-0.05, 0) is 18.2 Å². The zero-order valence-corrected chi connectivity index (χ0v) is 11.2. The summed E-state index contributed by atoms with van der Waals surface area (Å²) < 4.78 is 27.6. The summed E-state index contributed by atoms with van der Waals surface area (Å²) in [5.74, 6) is -0.936. The van der Waals surface area contributed by atoms with Gasteiger partial charge in [-0.3, -0.25) is 9.69 Å². The molecule has 3 nitrogen and oxygen atoms in total. The van der Waals surface area contributed by atoms with Crippen LogP contribution in [0.15, 0.2) is 22.7 Å². The number of carbonyl (C=O) groups is 1. The van der Waals surface area contributed by atoms with Crippen molar-refractivity contribution in [1.29, 1.82) is 0 Å². The number of nitrogens with zero attached hydrogens (tertiary/aromatic N) is 1. The summed E-state index contributed by atoms with van der Waals surface area (Å²) in [5, 5.41) is 0. The molecule has 1 aliphatic heterocycles. The Bertz CT molecular complexity index is 469. The maximum Gasteiger partial charge on any atom is 0.234 e. The maximum atomic E-state index is 13.6. The molecule has 0 aliphatic carbocycles. The van der Waals surface area contributed by atoms with Gasteiger partial charge in [-0.1, -0.05) is 15.9 Å². The van der Waals surface area contributed by atoms with E-state index in [1.165, 1.54) is 6.07 Å². The van der Waals surface area contributed by atoms with E-state index in [2.05, 4.69) is 15.9 Å². The highest BCUT2D eigenvalue weighted by atomic mass is 79.9. The van der Waals surface area contributed by atoms with Gasteiger partial charge in [0.15, 0.2) is 0 Å². The summed E-state index contributed by atoms with van der Waals surface area (Å²) in [7, 11) is 0. The van der Waals surface area contributed by atoms with Crippen LogP contribution >= 0.6 is 15.9 Å². The Labute approximate surface area is 112 Å². The lowest BCUT2D eigenvalue weighted by Gasteiger charge is -2.21. The topological polar surface area (TPSA) is 46.3 Å². The summed E-state index contributed by atoms with van der Waals surface area (Å²) in [5.41, 5.74) is 5.64. The first-order chi connectivity index (χ1) is 8.47. The molecule has 98 valence electrons. The fourth-order valence-corrected chi connectivity index (χ4v) is 2.61. The molecule has 2 rings (SSSR count). The van der Waals surface area contributed by atoms with Gasteiger partial charge in [0.25, 0.3) is 0 Å². The first kappa shape index (κ1) is 13.4. The van der Waals surface area contributed by atoms with Crippen molar-refractivity contribution in [2.24, 2.45) is 5.73 Å². The number of likely N-dealkylation sites (tertiary alicyclic amines) is 1. The Morgan fingerprint density at radius 1 is 1.56 bits per heavy atom. The highest BCUT2D eigenvalue weighted by molar-refractivity contribution is 9.10. The first-order valence-electron chi connectivity index (χ1n) is 5.58. The van der Waals surface area contributed by atoms with Crippen molar-refractivity contribution >= 4 is 21.8 Å². The number of carbonyl (C=O) groups excluding carboxylic acids is 1. The van der Waals surface area contributed by atoms with E-state index in [0.29, 0.717) is 5.56 Å². The number of halogens is 3. The van der Waals surface area contributed by atoms with Crippen LogP contribution in [-0.2, 0) is 11.3 Å². The van der Waals surface area contributed by atoms with Gasteiger partial charge in [-0.2, -0.15) is 0 Å². The van der Waals surface area contributed by atoms with Gasteiger partial charge in [-0.15, -0.1) is 0 Å². The van der Waals surface area contributed by atoms with Crippen molar-refractivity contribution in [3.05, 3.63) is 34.1 Å². The highest BCUT2D eigenvalue weighted by Gasteiger charge is 2.35. The molecule has 1 saturated heterocycles. The normalized spacial score (nSPS) is 24.4. The van der Waals surface area contributed by atoms with Crippen LogP contribution in [0.1, 0.15) is 12.0 Å². The number of amides is 1. The van der Waals surface area contributed by atoms with Crippen LogP contribution in [0, 0.1) is 5.82 Å². The minimum atomic E-state index is -1.09. The number of benzene rings is 1. The lowest BCUT2D eigenvalue weighted by atomic mass is 10.1. The second kappa shape index (κ2) is 5.32.